The maximum absolute atomic E-state index is 11.4. The van der Waals surface area contributed by atoms with Crippen LogP contribution in [0.25, 0.3) is 0 Å². The molecule has 1 atom stereocenters. The number of aliphatic hydroxyl groups is 1. The van der Waals surface area contributed by atoms with E-state index in [0.717, 1.165) is 24.2 Å². The van der Waals surface area contributed by atoms with Gasteiger partial charge in [0.15, 0.2) is 0 Å². The summed E-state index contributed by atoms with van der Waals surface area (Å²) in [7, 11) is 0. The first kappa shape index (κ1) is 11.1. The van der Waals surface area contributed by atoms with Crippen molar-refractivity contribution < 1.29 is 9.90 Å². The predicted octanol–water partition coefficient (Wildman–Crippen LogP) is 1.69. The second-order valence-corrected chi connectivity index (χ2v) is 4.39. The number of carbonyl (C=O) groups excluding carboxylic acids is 1. The van der Waals surface area contributed by atoms with Gasteiger partial charge in [-0.25, -0.2) is 0 Å². The van der Waals surface area contributed by atoms with Gasteiger partial charge in [-0.1, -0.05) is 19.1 Å². The molecule has 1 amide bonds. The molecule has 1 aromatic carbocycles. The first-order chi connectivity index (χ1) is 7.63. The fourth-order valence-electron chi connectivity index (χ4n) is 2.14. The third-order valence-corrected chi connectivity index (χ3v) is 3.23. The Balaban J connectivity index is 2.37. The summed E-state index contributed by atoms with van der Waals surface area (Å²) in [6.45, 7) is 4.49. The van der Waals surface area contributed by atoms with Crippen molar-refractivity contribution in [3.05, 3.63) is 29.3 Å². The first-order valence-electron chi connectivity index (χ1n) is 5.65. The smallest absolute Gasteiger partial charge is 0.223 e. The third-order valence-electron chi connectivity index (χ3n) is 3.23. The number of carbonyl (C=O) groups is 1. The lowest BCUT2D eigenvalue weighted by atomic mass is 9.99. The van der Waals surface area contributed by atoms with Gasteiger partial charge in [-0.15, -0.1) is 0 Å². The number of nitrogens with zero attached hydrogens (tertiary/aromatic N) is 1. The Kier molecular flexibility index (Phi) is 2.97. The molecule has 2 rings (SSSR count). The molecule has 3 heteroatoms. The van der Waals surface area contributed by atoms with Gasteiger partial charge >= 0.3 is 0 Å². The number of fused-ring (bicyclic) bond motifs is 1. The number of benzene rings is 1. The van der Waals surface area contributed by atoms with Crippen LogP contribution in [0.2, 0.25) is 0 Å². The molecule has 1 aliphatic rings. The first-order valence-corrected chi connectivity index (χ1v) is 5.65. The van der Waals surface area contributed by atoms with Crippen molar-refractivity contribution in [2.45, 2.75) is 26.2 Å². The van der Waals surface area contributed by atoms with Crippen molar-refractivity contribution in [2.24, 2.45) is 0 Å². The van der Waals surface area contributed by atoms with E-state index in [9.17, 15) is 4.79 Å². The van der Waals surface area contributed by atoms with Crippen LogP contribution in [0.15, 0.2) is 18.2 Å². The molecule has 0 aliphatic carbocycles. The minimum absolute atomic E-state index is 0.0903. The van der Waals surface area contributed by atoms with Crippen LogP contribution in [0.5, 0.6) is 0 Å². The highest BCUT2D eigenvalue weighted by Crippen LogP contribution is 2.31. The molecular formula is C13H17NO2. The average molecular weight is 219 g/mol. The summed E-state index contributed by atoms with van der Waals surface area (Å²) >= 11 is 0. The number of amides is 1. The van der Waals surface area contributed by atoms with Gasteiger partial charge in [-0.3, -0.25) is 4.79 Å². The SMILES string of the molecule is CC(=O)N1CCc2ccc(C(C)CO)cc21. The van der Waals surface area contributed by atoms with E-state index in [1.54, 1.807) is 6.92 Å². The summed E-state index contributed by atoms with van der Waals surface area (Å²) < 4.78 is 0. The summed E-state index contributed by atoms with van der Waals surface area (Å²) in [4.78, 5) is 13.2. The molecule has 0 radical (unpaired) electrons. The molecule has 0 saturated heterocycles. The second kappa shape index (κ2) is 4.26. The highest BCUT2D eigenvalue weighted by atomic mass is 16.3. The Morgan fingerprint density at radius 2 is 2.31 bits per heavy atom. The van der Waals surface area contributed by atoms with Crippen molar-refractivity contribution >= 4 is 11.6 Å². The lowest BCUT2D eigenvalue weighted by Crippen LogP contribution is -2.25. The topological polar surface area (TPSA) is 40.5 Å². The largest absolute Gasteiger partial charge is 0.396 e. The van der Waals surface area contributed by atoms with Crippen molar-refractivity contribution in [1.29, 1.82) is 0 Å². The quantitative estimate of drug-likeness (QED) is 0.822. The van der Waals surface area contributed by atoms with Gasteiger partial charge in [0.2, 0.25) is 5.91 Å². The Morgan fingerprint density at radius 1 is 1.56 bits per heavy atom. The highest BCUT2D eigenvalue weighted by molar-refractivity contribution is 5.93. The van der Waals surface area contributed by atoms with Gasteiger partial charge in [-0.05, 0) is 23.6 Å². The summed E-state index contributed by atoms with van der Waals surface area (Å²) in [5.41, 5.74) is 3.34. The Morgan fingerprint density at radius 3 is 2.94 bits per heavy atom. The average Bonchev–Trinajstić information content (AvgIpc) is 2.70. The molecule has 1 unspecified atom stereocenters. The monoisotopic (exact) mass is 219 g/mol. The van der Waals surface area contributed by atoms with Crippen LogP contribution in [-0.2, 0) is 11.2 Å². The second-order valence-electron chi connectivity index (χ2n) is 4.39. The molecule has 16 heavy (non-hydrogen) atoms. The Hall–Kier alpha value is -1.35. The van der Waals surface area contributed by atoms with E-state index >= 15 is 0 Å². The van der Waals surface area contributed by atoms with Crippen molar-refractivity contribution in [1.82, 2.24) is 0 Å². The summed E-state index contributed by atoms with van der Waals surface area (Å²) in [5.74, 6) is 0.215. The van der Waals surface area contributed by atoms with E-state index in [0.29, 0.717) is 0 Å². The molecule has 0 bridgehead atoms. The van der Waals surface area contributed by atoms with Gasteiger partial charge < -0.3 is 10.0 Å². The number of rotatable bonds is 2. The lowest BCUT2D eigenvalue weighted by molar-refractivity contribution is -0.116. The standard InChI is InChI=1S/C13H17NO2/c1-9(8-15)12-4-3-11-5-6-14(10(2)16)13(11)7-12/h3-4,7,9,15H,5-6,8H2,1-2H3. The molecule has 0 saturated carbocycles. The zero-order valence-corrected chi connectivity index (χ0v) is 9.73. The van der Waals surface area contributed by atoms with Crippen molar-refractivity contribution in [2.75, 3.05) is 18.1 Å². The molecule has 3 nitrogen and oxygen atoms in total. The van der Waals surface area contributed by atoms with Crippen LogP contribution in [0.4, 0.5) is 5.69 Å². The molecule has 0 fully saturated rings. The zero-order valence-electron chi connectivity index (χ0n) is 9.73. The molecule has 1 aromatic rings. The van der Waals surface area contributed by atoms with Crippen LogP contribution >= 0.6 is 0 Å². The number of hydrogen-bond acceptors (Lipinski definition) is 2. The summed E-state index contributed by atoms with van der Waals surface area (Å²) in [5, 5.41) is 9.13. The highest BCUT2D eigenvalue weighted by Gasteiger charge is 2.22. The molecular weight excluding hydrogens is 202 g/mol. The predicted molar refractivity (Wildman–Crippen MR) is 63.7 cm³/mol. The number of hydrogen-bond donors (Lipinski definition) is 1. The summed E-state index contributed by atoms with van der Waals surface area (Å²) in [6, 6.07) is 6.15. The zero-order chi connectivity index (χ0) is 11.7. The van der Waals surface area contributed by atoms with Gasteiger partial charge in [0.05, 0.1) is 0 Å². The van der Waals surface area contributed by atoms with E-state index in [2.05, 4.69) is 6.07 Å². The van der Waals surface area contributed by atoms with E-state index in [-0.39, 0.29) is 18.4 Å². The minimum atomic E-state index is 0.0903. The maximum Gasteiger partial charge on any atom is 0.223 e. The van der Waals surface area contributed by atoms with Crippen molar-refractivity contribution in [3.8, 4) is 0 Å². The third kappa shape index (κ3) is 1.83. The van der Waals surface area contributed by atoms with Crippen LogP contribution in [0.1, 0.15) is 30.9 Å². The molecule has 1 heterocycles. The number of anilines is 1. The van der Waals surface area contributed by atoms with E-state index in [1.165, 1.54) is 5.56 Å². The van der Waals surface area contributed by atoms with Gasteiger partial charge in [-0.2, -0.15) is 0 Å². The van der Waals surface area contributed by atoms with Crippen molar-refractivity contribution in [3.63, 3.8) is 0 Å². The molecule has 86 valence electrons. The van der Waals surface area contributed by atoms with Gasteiger partial charge in [0.1, 0.15) is 0 Å². The van der Waals surface area contributed by atoms with Gasteiger partial charge in [0.25, 0.3) is 0 Å². The normalized spacial score (nSPS) is 16.1. The van der Waals surface area contributed by atoms with Crippen LogP contribution in [-0.4, -0.2) is 24.2 Å². The van der Waals surface area contributed by atoms with E-state index < -0.39 is 0 Å². The van der Waals surface area contributed by atoms with E-state index in [4.69, 9.17) is 5.11 Å². The van der Waals surface area contributed by atoms with E-state index in [1.807, 2.05) is 24.0 Å². The minimum Gasteiger partial charge on any atom is -0.396 e. The lowest BCUT2D eigenvalue weighted by Gasteiger charge is -2.17. The Bertz CT molecular complexity index is 414. The number of aliphatic hydroxyl groups excluding tert-OH is 1. The Labute approximate surface area is 95.7 Å². The fourth-order valence-corrected chi connectivity index (χ4v) is 2.14. The van der Waals surface area contributed by atoms with Crippen LogP contribution < -0.4 is 4.90 Å². The molecule has 1 aliphatic heterocycles. The molecule has 1 N–H and O–H groups in total. The van der Waals surface area contributed by atoms with Gasteiger partial charge in [0, 0.05) is 31.7 Å². The maximum atomic E-state index is 11.4. The van der Waals surface area contributed by atoms with Crippen LogP contribution in [0, 0.1) is 0 Å². The molecule has 0 aromatic heterocycles. The summed E-state index contributed by atoms with van der Waals surface area (Å²) in [6.07, 6.45) is 0.933. The molecule has 0 spiro atoms. The van der Waals surface area contributed by atoms with Crippen LogP contribution in [0.3, 0.4) is 0 Å². The fraction of sp³-hybridized carbons (Fsp3) is 0.462.